The molecule has 0 radical (unpaired) electrons. The second kappa shape index (κ2) is 9.38. The molecule has 1 unspecified atom stereocenters. The molecule has 0 fully saturated rings. The molecule has 1 heterocycles. The van der Waals surface area contributed by atoms with Crippen LogP contribution in [0.3, 0.4) is 0 Å². The van der Waals surface area contributed by atoms with E-state index in [1.165, 1.54) is 12.4 Å². The van der Waals surface area contributed by atoms with Gasteiger partial charge in [0.1, 0.15) is 12.4 Å². The predicted molar refractivity (Wildman–Crippen MR) is 102 cm³/mol. The highest BCUT2D eigenvalue weighted by atomic mass is 127. The summed E-state index contributed by atoms with van der Waals surface area (Å²) in [5, 5.41) is 3.98. The van der Waals surface area contributed by atoms with Crippen LogP contribution >= 0.6 is 47.2 Å². The Morgan fingerprint density at radius 3 is 2.75 bits per heavy atom. The van der Waals surface area contributed by atoms with Crippen molar-refractivity contribution in [2.24, 2.45) is 10.7 Å². The highest BCUT2D eigenvalue weighted by Crippen LogP contribution is 2.25. The summed E-state index contributed by atoms with van der Waals surface area (Å²) in [7, 11) is 0. The highest BCUT2D eigenvalue weighted by Gasteiger charge is 2.12. The number of aromatic nitrogens is 2. The van der Waals surface area contributed by atoms with E-state index in [2.05, 4.69) is 15.3 Å². The van der Waals surface area contributed by atoms with E-state index in [0.717, 1.165) is 10.1 Å². The van der Waals surface area contributed by atoms with Crippen molar-refractivity contribution in [2.75, 3.05) is 0 Å². The fourth-order valence-corrected chi connectivity index (χ4v) is 2.57. The van der Waals surface area contributed by atoms with Gasteiger partial charge in [0.05, 0.1) is 6.04 Å². The predicted octanol–water partition coefficient (Wildman–Crippen LogP) is 4.37. The fraction of sp³-hybridized carbons (Fsp3) is 0.286. The molecule has 0 spiro atoms. The summed E-state index contributed by atoms with van der Waals surface area (Å²) in [5.74, 6) is 0.231. The number of alkyl halides is 2. The molecule has 0 aliphatic carbocycles. The summed E-state index contributed by atoms with van der Waals surface area (Å²) in [6.07, 6.45) is 2.48. The number of nitrogens with two attached hydrogens (primary N) is 1. The summed E-state index contributed by atoms with van der Waals surface area (Å²) in [4.78, 5) is 7.85. The van der Waals surface area contributed by atoms with Crippen molar-refractivity contribution in [3.63, 3.8) is 0 Å². The monoisotopic (exact) mass is 489 g/mol. The number of aliphatic imine (C=N–C) groups is 1. The molecule has 5 nitrogen and oxygen atoms in total. The first-order valence-corrected chi connectivity index (χ1v) is 7.45. The number of halogens is 5. The number of benzene rings is 1. The van der Waals surface area contributed by atoms with E-state index in [9.17, 15) is 8.78 Å². The van der Waals surface area contributed by atoms with Crippen molar-refractivity contribution >= 4 is 53.1 Å². The molecule has 10 heteroatoms. The minimum Gasteiger partial charge on any atom is -0.370 e. The van der Waals surface area contributed by atoms with Gasteiger partial charge < -0.3 is 11.1 Å². The zero-order valence-electron chi connectivity index (χ0n) is 12.6. The molecule has 0 amide bonds. The van der Waals surface area contributed by atoms with Crippen molar-refractivity contribution in [3.05, 3.63) is 52.0 Å². The van der Waals surface area contributed by atoms with Gasteiger partial charge in [-0.25, -0.2) is 9.98 Å². The Morgan fingerprint density at radius 2 is 2.12 bits per heavy atom. The molecule has 1 aromatic carbocycles. The Morgan fingerprint density at radius 1 is 1.42 bits per heavy atom. The van der Waals surface area contributed by atoms with Gasteiger partial charge in [-0.3, -0.25) is 4.57 Å². The van der Waals surface area contributed by atoms with E-state index in [4.69, 9.17) is 28.9 Å². The number of rotatable bonds is 5. The van der Waals surface area contributed by atoms with Crippen LogP contribution in [0, 0.1) is 0 Å². The van der Waals surface area contributed by atoms with Crippen molar-refractivity contribution in [2.45, 2.75) is 26.1 Å². The van der Waals surface area contributed by atoms with Crippen LogP contribution in [-0.2, 0) is 6.54 Å². The third-order valence-electron chi connectivity index (χ3n) is 3.14. The van der Waals surface area contributed by atoms with Gasteiger partial charge in [0.15, 0.2) is 5.96 Å². The minimum absolute atomic E-state index is 0. The molecule has 132 valence electrons. The van der Waals surface area contributed by atoms with Gasteiger partial charge in [-0.15, -0.1) is 24.0 Å². The van der Waals surface area contributed by atoms with Crippen molar-refractivity contribution in [1.29, 1.82) is 0 Å². The van der Waals surface area contributed by atoms with Crippen LogP contribution in [0.25, 0.3) is 0 Å². The first kappa shape index (κ1) is 20.9. The summed E-state index contributed by atoms with van der Waals surface area (Å²) in [5.41, 5.74) is 6.57. The average molecular weight is 490 g/mol. The molecule has 0 aliphatic heterocycles. The second-order valence-corrected chi connectivity index (χ2v) is 5.61. The summed E-state index contributed by atoms with van der Waals surface area (Å²) >= 11 is 12.0. The first-order chi connectivity index (χ1) is 10.9. The third-order valence-corrected chi connectivity index (χ3v) is 3.71. The van der Waals surface area contributed by atoms with E-state index < -0.39 is 6.55 Å². The largest absolute Gasteiger partial charge is 0.370 e. The molecule has 0 saturated carbocycles. The maximum atomic E-state index is 12.7. The Kier molecular flexibility index (Phi) is 8.17. The highest BCUT2D eigenvalue weighted by molar-refractivity contribution is 14.0. The zero-order valence-corrected chi connectivity index (χ0v) is 16.4. The molecule has 2 aromatic rings. The number of hydrogen-bond acceptors (Lipinski definition) is 2. The lowest BCUT2D eigenvalue weighted by Crippen LogP contribution is -2.34. The molecular formula is C14H16Cl2F2IN5. The molecule has 1 atom stereocenters. The molecule has 24 heavy (non-hydrogen) atoms. The van der Waals surface area contributed by atoms with Crippen molar-refractivity contribution in [3.8, 4) is 0 Å². The van der Waals surface area contributed by atoms with Crippen LogP contribution in [0.15, 0.2) is 35.6 Å². The maximum absolute atomic E-state index is 12.7. The Hall–Kier alpha value is -1.13. The Labute approximate surface area is 165 Å². The summed E-state index contributed by atoms with van der Waals surface area (Å²) < 4.78 is 26.1. The lowest BCUT2D eigenvalue weighted by Gasteiger charge is -2.16. The number of guanidine groups is 1. The summed E-state index contributed by atoms with van der Waals surface area (Å²) in [6, 6.07) is 4.90. The molecule has 1 aromatic heterocycles. The lowest BCUT2D eigenvalue weighted by molar-refractivity contribution is 0.0671. The Bertz CT molecular complexity index is 708. The lowest BCUT2D eigenvalue weighted by atomic mass is 10.1. The van der Waals surface area contributed by atoms with Gasteiger partial charge >= 0.3 is 6.55 Å². The summed E-state index contributed by atoms with van der Waals surface area (Å²) in [6.45, 7) is -0.877. The van der Waals surface area contributed by atoms with Gasteiger partial charge in [-0.2, -0.15) is 8.78 Å². The number of hydrogen-bond donors (Lipinski definition) is 2. The minimum atomic E-state index is -2.66. The average Bonchev–Trinajstić information content (AvgIpc) is 2.93. The smallest absolute Gasteiger partial charge is 0.319 e. The van der Waals surface area contributed by atoms with E-state index in [0.29, 0.717) is 10.0 Å². The van der Waals surface area contributed by atoms with E-state index >= 15 is 0 Å². The molecule has 0 bridgehead atoms. The second-order valence-electron chi connectivity index (χ2n) is 4.76. The molecule has 3 N–H and O–H groups in total. The van der Waals surface area contributed by atoms with Crippen LogP contribution in [0.4, 0.5) is 8.78 Å². The van der Waals surface area contributed by atoms with Crippen molar-refractivity contribution < 1.29 is 8.78 Å². The Balaban J connectivity index is 0.00000288. The van der Waals surface area contributed by atoms with Crippen LogP contribution in [0.1, 0.15) is 30.9 Å². The number of nitrogens with zero attached hydrogens (tertiary/aromatic N) is 3. The zero-order chi connectivity index (χ0) is 17.0. The molecular weight excluding hydrogens is 474 g/mol. The van der Waals surface area contributed by atoms with Crippen molar-refractivity contribution in [1.82, 2.24) is 14.9 Å². The van der Waals surface area contributed by atoms with Crippen LogP contribution in [-0.4, -0.2) is 15.5 Å². The quantitative estimate of drug-likeness (QED) is 0.372. The SMILES string of the molecule is CC(NC(N)=NCc1nccn1C(F)F)c1ccc(Cl)cc1Cl.I. The molecule has 0 aliphatic rings. The third kappa shape index (κ3) is 5.45. The van der Waals surface area contributed by atoms with Gasteiger partial charge in [-0.05, 0) is 24.6 Å². The first-order valence-electron chi connectivity index (χ1n) is 6.69. The van der Waals surface area contributed by atoms with Gasteiger partial charge in [-0.1, -0.05) is 29.3 Å². The van der Waals surface area contributed by atoms with Crippen LogP contribution in [0.5, 0.6) is 0 Å². The van der Waals surface area contributed by atoms with Crippen LogP contribution < -0.4 is 11.1 Å². The van der Waals surface area contributed by atoms with Crippen LogP contribution in [0.2, 0.25) is 10.0 Å². The van der Waals surface area contributed by atoms with Gasteiger partial charge in [0.25, 0.3) is 0 Å². The fourth-order valence-electron chi connectivity index (χ4n) is 2.00. The van der Waals surface area contributed by atoms with E-state index in [1.54, 1.807) is 18.2 Å². The van der Waals surface area contributed by atoms with E-state index in [-0.39, 0.29) is 48.3 Å². The molecule has 2 rings (SSSR count). The number of nitrogens with one attached hydrogen (secondary N) is 1. The van der Waals surface area contributed by atoms with Gasteiger partial charge in [0, 0.05) is 22.4 Å². The standard InChI is InChI=1S/C14H15Cl2F2N5.HI/c1-8(10-3-2-9(15)6-11(10)16)22-14(19)21-7-12-20-4-5-23(12)13(17)18;/h2-6,8,13H,7H2,1H3,(H3,19,21,22);1H. The normalized spacial score (nSPS) is 12.8. The maximum Gasteiger partial charge on any atom is 0.319 e. The van der Waals surface area contributed by atoms with E-state index in [1.807, 2.05) is 6.92 Å². The molecule has 0 saturated heterocycles. The number of imidazole rings is 1. The van der Waals surface area contributed by atoms with Gasteiger partial charge in [0.2, 0.25) is 0 Å². The topological polar surface area (TPSA) is 68.2 Å².